The van der Waals surface area contributed by atoms with Crippen LogP contribution in [-0.4, -0.2) is 78.6 Å². The van der Waals surface area contributed by atoms with E-state index in [1.807, 2.05) is 37.3 Å². The molecule has 2 aliphatic heterocycles. The summed E-state index contributed by atoms with van der Waals surface area (Å²) < 4.78 is 10.9. The number of ether oxygens (including phenoxy) is 2. The van der Waals surface area contributed by atoms with Crippen molar-refractivity contribution in [3.8, 4) is 5.75 Å². The number of hydrogen-bond acceptors (Lipinski definition) is 6. The monoisotopic (exact) mass is 490 g/mol. The largest absolute Gasteiger partial charge is 0.507 e. The first-order chi connectivity index (χ1) is 17.5. The van der Waals surface area contributed by atoms with Crippen LogP contribution in [0.5, 0.6) is 5.75 Å². The van der Waals surface area contributed by atoms with E-state index in [0.29, 0.717) is 37.7 Å². The minimum absolute atomic E-state index is 0.155. The van der Waals surface area contributed by atoms with E-state index >= 15 is 0 Å². The van der Waals surface area contributed by atoms with Crippen LogP contribution in [0.2, 0.25) is 0 Å². The Balaban J connectivity index is 1.63. The number of benzene rings is 2. The van der Waals surface area contributed by atoms with Crippen molar-refractivity contribution in [2.45, 2.75) is 25.3 Å². The maximum atomic E-state index is 13.3. The molecule has 1 N–H and O–H groups in total. The molecule has 2 aromatic carbocycles. The van der Waals surface area contributed by atoms with Crippen molar-refractivity contribution in [2.24, 2.45) is 0 Å². The van der Waals surface area contributed by atoms with Crippen molar-refractivity contribution in [3.63, 3.8) is 0 Å². The average Bonchev–Trinajstić information content (AvgIpc) is 3.17. The van der Waals surface area contributed by atoms with E-state index in [9.17, 15) is 14.7 Å². The Morgan fingerprint density at radius 3 is 2.47 bits per heavy atom. The normalized spacial score (nSPS) is 20.9. The summed E-state index contributed by atoms with van der Waals surface area (Å²) in [6, 6.07) is 16.1. The SMILES string of the molecule is C=CCOc1ccc(/C(O)=C2\C(=O)C(=O)N(CCCN3CCOCC3)C2C(C)c2ccccc2)cc1. The van der Waals surface area contributed by atoms with Gasteiger partial charge in [0.2, 0.25) is 0 Å². The molecule has 190 valence electrons. The molecule has 2 aromatic rings. The van der Waals surface area contributed by atoms with E-state index in [0.717, 1.165) is 31.6 Å². The lowest BCUT2D eigenvalue weighted by atomic mass is 9.87. The number of nitrogens with zero attached hydrogens (tertiary/aromatic N) is 2. The first-order valence-corrected chi connectivity index (χ1v) is 12.5. The zero-order valence-corrected chi connectivity index (χ0v) is 20.8. The van der Waals surface area contributed by atoms with Crippen molar-refractivity contribution in [1.29, 1.82) is 0 Å². The molecule has 0 radical (unpaired) electrons. The molecule has 4 rings (SSSR count). The zero-order valence-electron chi connectivity index (χ0n) is 20.8. The maximum Gasteiger partial charge on any atom is 0.295 e. The first kappa shape index (κ1) is 25.7. The van der Waals surface area contributed by atoms with Gasteiger partial charge in [-0.15, -0.1) is 0 Å². The summed E-state index contributed by atoms with van der Waals surface area (Å²) in [5.41, 5.74) is 1.63. The van der Waals surface area contributed by atoms with Crippen LogP contribution in [0.15, 0.2) is 72.8 Å². The second-order valence-corrected chi connectivity index (χ2v) is 9.17. The molecule has 2 saturated heterocycles. The Hall–Kier alpha value is -3.42. The van der Waals surface area contributed by atoms with Crippen molar-refractivity contribution in [1.82, 2.24) is 9.80 Å². The van der Waals surface area contributed by atoms with E-state index in [1.165, 1.54) is 0 Å². The third-order valence-electron chi connectivity index (χ3n) is 6.86. The molecule has 0 saturated carbocycles. The molecule has 36 heavy (non-hydrogen) atoms. The second-order valence-electron chi connectivity index (χ2n) is 9.17. The topological polar surface area (TPSA) is 79.3 Å². The number of aliphatic hydroxyl groups excluding tert-OH is 1. The van der Waals surface area contributed by atoms with Crippen molar-refractivity contribution in [2.75, 3.05) is 46.0 Å². The molecule has 2 atom stereocenters. The van der Waals surface area contributed by atoms with Gasteiger partial charge in [0.25, 0.3) is 11.7 Å². The van der Waals surface area contributed by atoms with Gasteiger partial charge in [0.1, 0.15) is 18.1 Å². The van der Waals surface area contributed by atoms with Gasteiger partial charge in [-0.05, 0) is 36.2 Å². The molecule has 0 bridgehead atoms. The number of rotatable bonds is 10. The fourth-order valence-electron chi connectivity index (χ4n) is 4.92. The number of likely N-dealkylation sites (tertiary alicyclic amines) is 1. The number of Topliss-reactive ketones (excluding diaryl/α,β-unsaturated/α-hetero) is 1. The Bertz CT molecular complexity index is 1090. The van der Waals surface area contributed by atoms with Gasteiger partial charge in [-0.2, -0.15) is 0 Å². The quantitative estimate of drug-likeness (QED) is 0.236. The third kappa shape index (κ3) is 5.69. The van der Waals surface area contributed by atoms with Gasteiger partial charge in [0, 0.05) is 37.7 Å². The number of carbonyl (C=O) groups is 2. The van der Waals surface area contributed by atoms with Gasteiger partial charge in [-0.25, -0.2) is 0 Å². The molecule has 2 fully saturated rings. The highest BCUT2D eigenvalue weighted by Crippen LogP contribution is 2.37. The van der Waals surface area contributed by atoms with Gasteiger partial charge < -0.3 is 19.5 Å². The van der Waals surface area contributed by atoms with Crippen LogP contribution in [0.3, 0.4) is 0 Å². The number of aliphatic hydroxyl groups is 1. The smallest absolute Gasteiger partial charge is 0.295 e. The van der Waals surface area contributed by atoms with E-state index in [1.54, 1.807) is 35.2 Å². The van der Waals surface area contributed by atoms with Crippen LogP contribution < -0.4 is 4.74 Å². The highest BCUT2D eigenvalue weighted by atomic mass is 16.5. The summed E-state index contributed by atoms with van der Waals surface area (Å²) in [6.07, 6.45) is 2.39. The summed E-state index contributed by atoms with van der Waals surface area (Å²) in [5.74, 6) is -0.912. The molecule has 2 unspecified atom stereocenters. The van der Waals surface area contributed by atoms with E-state index in [4.69, 9.17) is 9.47 Å². The lowest BCUT2D eigenvalue weighted by molar-refractivity contribution is -0.140. The Morgan fingerprint density at radius 1 is 1.11 bits per heavy atom. The van der Waals surface area contributed by atoms with Crippen LogP contribution in [-0.2, 0) is 14.3 Å². The molecular weight excluding hydrogens is 456 g/mol. The summed E-state index contributed by atoms with van der Waals surface area (Å²) >= 11 is 0. The molecule has 0 aromatic heterocycles. The summed E-state index contributed by atoms with van der Waals surface area (Å²) in [7, 11) is 0. The molecular formula is C29H34N2O5. The standard InChI is InChI=1S/C29H34N2O5/c1-3-18-36-24-12-10-23(11-13-24)27(32)25-26(21(2)22-8-5-4-6-9-22)31(29(34)28(25)33)15-7-14-30-16-19-35-20-17-30/h3-6,8-13,21,26,32H,1,7,14-20H2,2H3/b27-25+. The number of ketones is 1. The van der Waals surface area contributed by atoms with Gasteiger partial charge in [-0.3, -0.25) is 14.5 Å². The van der Waals surface area contributed by atoms with Crippen LogP contribution in [0.4, 0.5) is 0 Å². The summed E-state index contributed by atoms with van der Waals surface area (Å²) in [5, 5.41) is 11.3. The van der Waals surface area contributed by atoms with E-state index in [2.05, 4.69) is 11.5 Å². The van der Waals surface area contributed by atoms with Crippen molar-refractivity contribution in [3.05, 3.63) is 84.0 Å². The van der Waals surface area contributed by atoms with Gasteiger partial charge >= 0.3 is 0 Å². The molecule has 7 nitrogen and oxygen atoms in total. The average molecular weight is 491 g/mol. The van der Waals surface area contributed by atoms with Crippen LogP contribution in [0, 0.1) is 0 Å². The highest BCUT2D eigenvalue weighted by molar-refractivity contribution is 6.46. The predicted octanol–water partition coefficient (Wildman–Crippen LogP) is 3.83. The molecule has 2 heterocycles. The Labute approximate surface area is 212 Å². The Kier molecular flexibility index (Phi) is 8.57. The van der Waals surface area contributed by atoms with E-state index in [-0.39, 0.29) is 17.3 Å². The van der Waals surface area contributed by atoms with Crippen molar-refractivity contribution < 1.29 is 24.2 Å². The number of hydrogen-bond donors (Lipinski definition) is 1. The third-order valence-corrected chi connectivity index (χ3v) is 6.86. The fraction of sp³-hybridized carbons (Fsp3) is 0.379. The number of morpholine rings is 1. The minimum Gasteiger partial charge on any atom is -0.507 e. The molecule has 7 heteroatoms. The van der Waals surface area contributed by atoms with Gasteiger partial charge in [0.05, 0.1) is 24.8 Å². The maximum absolute atomic E-state index is 13.3. The lowest BCUT2D eigenvalue weighted by Crippen LogP contribution is -2.41. The summed E-state index contributed by atoms with van der Waals surface area (Å²) in [6.45, 7) is 10.4. The number of carbonyl (C=O) groups excluding carboxylic acids is 2. The molecule has 2 aliphatic rings. The summed E-state index contributed by atoms with van der Waals surface area (Å²) in [4.78, 5) is 30.5. The zero-order chi connectivity index (χ0) is 25.5. The fourth-order valence-corrected chi connectivity index (χ4v) is 4.92. The second kappa shape index (κ2) is 12.0. The van der Waals surface area contributed by atoms with Crippen molar-refractivity contribution >= 4 is 17.4 Å². The molecule has 0 aliphatic carbocycles. The van der Waals surface area contributed by atoms with Crippen LogP contribution >= 0.6 is 0 Å². The molecule has 0 spiro atoms. The lowest BCUT2D eigenvalue weighted by Gasteiger charge is -2.32. The van der Waals surface area contributed by atoms with E-state index < -0.39 is 17.7 Å². The first-order valence-electron chi connectivity index (χ1n) is 12.5. The molecule has 1 amide bonds. The van der Waals surface area contributed by atoms with Gasteiger partial charge in [0.15, 0.2) is 0 Å². The van der Waals surface area contributed by atoms with Gasteiger partial charge in [-0.1, -0.05) is 49.9 Å². The predicted molar refractivity (Wildman–Crippen MR) is 139 cm³/mol. The number of amides is 1. The Morgan fingerprint density at radius 2 is 1.81 bits per heavy atom. The van der Waals surface area contributed by atoms with Crippen LogP contribution in [0.1, 0.15) is 30.4 Å². The van der Waals surface area contributed by atoms with Crippen LogP contribution in [0.25, 0.3) is 5.76 Å². The highest BCUT2D eigenvalue weighted by Gasteiger charge is 2.47. The minimum atomic E-state index is -0.640.